The highest BCUT2D eigenvalue weighted by Crippen LogP contribution is 2.16. The molecule has 1 aromatic rings. The Bertz CT molecular complexity index is 295. The van der Waals surface area contributed by atoms with Crippen LogP contribution in [0.1, 0.15) is 39.0 Å². The molecule has 0 bridgehead atoms. The molecule has 0 spiro atoms. The molecule has 1 N–H and O–H groups in total. The number of hydrogen-bond acceptors (Lipinski definition) is 3. The van der Waals surface area contributed by atoms with Crippen LogP contribution in [-0.2, 0) is 0 Å². The van der Waals surface area contributed by atoms with Crippen LogP contribution in [0.15, 0.2) is 30.3 Å². The quantitative estimate of drug-likeness (QED) is 0.899. The van der Waals surface area contributed by atoms with Crippen LogP contribution in [0.2, 0.25) is 0 Å². The molecule has 0 unspecified atom stereocenters. The maximum Gasteiger partial charge on any atom is 0.118 e. The Morgan fingerprint density at radius 1 is 1.10 bits per heavy atom. The van der Waals surface area contributed by atoms with E-state index in [0.717, 1.165) is 25.1 Å². The zero-order chi connectivity index (χ0) is 15.2. The van der Waals surface area contributed by atoms with Crippen LogP contribution < -0.4 is 4.74 Å². The van der Waals surface area contributed by atoms with Gasteiger partial charge in [-0.1, -0.05) is 44.4 Å². The van der Waals surface area contributed by atoms with E-state index >= 15 is 0 Å². The monoisotopic (exact) mass is 281 g/mol. The van der Waals surface area contributed by atoms with Gasteiger partial charge in [-0.2, -0.15) is 0 Å². The molecule has 20 heavy (non-hydrogen) atoms. The Hall–Kier alpha value is -1.06. The number of aliphatic hydroxyl groups excluding tert-OH is 1. The van der Waals surface area contributed by atoms with E-state index in [0.29, 0.717) is 0 Å². The molecule has 1 saturated carbocycles. The van der Waals surface area contributed by atoms with Gasteiger partial charge in [0.25, 0.3) is 0 Å². The van der Waals surface area contributed by atoms with Crippen LogP contribution in [-0.4, -0.2) is 43.9 Å². The second kappa shape index (κ2) is 12.9. The average molecular weight is 281 g/mol. The average Bonchev–Trinajstić information content (AvgIpc) is 2.50. The molecule has 0 aromatic heterocycles. The molecule has 0 radical (unpaired) electrons. The third kappa shape index (κ3) is 12.0. The van der Waals surface area contributed by atoms with E-state index < -0.39 is 0 Å². The van der Waals surface area contributed by atoms with Crippen molar-refractivity contribution in [3.63, 3.8) is 0 Å². The molecule has 2 rings (SSSR count). The predicted molar refractivity (Wildman–Crippen MR) is 86.3 cm³/mol. The van der Waals surface area contributed by atoms with Crippen LogP contribution in [0.3, 0.4) is 0 Å². The Morgan fingerprint density at radius 2 is 1.60 bits per heavy atom. The zero-order valence-electron chi connectivity index (χ0n) is 13.5. The summed E-state index contributed by atoms with van der Waals surface area (Å²) in [5.74, 6) is 0.910. The van der Waals surface area contributed by atoms with E-state index in [1.54, 1.807) is 7.11 Å². The fourth-order valence-corrected chi connectivity index (χ4v) is 1.64. The lowest BCUT2D eigenvalue weighted by Crippen LogP contribution is -2.09. The molecular formula is C17H31NO2. The van der Waals surface area contributed by atoms with Crippen molar-refractivity contribution in [1.29, 1.82) is 0 Å². The highest BCUT2D eigenvalue weighted by Gasteiger charge is 2.07. The summed E-state index contributed by atoms with van der Waals surface area (Å²) in [6.45, 7) is 3.26. The first-order valence-corrected chi connectivity index (χ1v) is 7.52. The Balaban J connectivity index is 0.000000280. The van der Waals surface area contributed by atoms with Gasteiger partial charge in [0.05, 0.1) is 13.2 Å². The first kappa shape index (κ1) is 18.9. The van der Waals surface area contributed by atoms with Crippen molar-refractivity contribution in [2.45, 2.75) is 45.1 Å². The molecule has 1 aromatic carbocycles. The van der Waals surface area contributed by atoms with E-state index in [9.17, 15) is 0 Å². The molecule has 0 atom stereocenters. The second-order valence-electron chi connectivity index (χ2n) is 5.20. The number of ether oxygens (including phenoxy) is 1. The third-order valence-electron chi connectivity index (χ3n) is 3.19. The van der Waals surface area contributed by atoms with E-state index in [2.05, 4.69) is 25.9 Å². The second-order valence-corrected chi connectivity index (χ2v) is 5.20. The number of nitrogens with zero attached hydrogens (tertiary/aromatic N) is 1. The first-order chi connectivity index (χ1) is 9.60. The highest BCUT2D eigenvalue weighted by molar-refractivity contribution is 5.20. The summed E-state index contributed by atoms with van der Waals surface area (Å²) < 4.78 is 4.91. The largest absolute Gasteiger partial charge is 0.497 e. The minimum Gasteiger partial charge on any atom is -0.497 e. The van der Waals surface area contributed by atoms with E-state index in [1.165, 1.54) is 19.3 Å². The van der Waals surface area contributed by atoms with Crippen molar-refractivity contribution in [3.05, 3.63) is 30.3 Å². The van der Waals surface area contributed by atoms with Crippen molar-refractivity contribution in [2.75, 3.05) is 27.7 Å². The van der Waals surface area contributed by atoms with Gasteiger partial charge >= 0.3 is 0 Å². The SMILES string of the molecule is CCN(C)C.COc1ccccc1.OC1CCCCC1. The van der Waals surface area contributed by atoms with Gasteiger partial charge in [0.2, 0.25) is 0 Å². The maximum atomic E-state index is 8.91. The summed E-state index contributed by atoms with van der Waals surface area (Å²) in [4.78, 5) is 2.12. The minimum atomic E-state index is 0.0359. The molecule has 1 aliphatic carbocycles. The molecule has 1 aliphatic rings. The van der Waals surface area contributed by atoms with Crippen molar-refractivity contribution in [2.24, 2.45) is 0 Å². The highest BCUT2D eigenvalue weighted by atomic mass is 16.5. The Kier molecular flexibility index (Phi) is 12.3. The van der Waals surface area contributed by atoms with Gasteiger partial charge in [-0.15, -0.1) is 0 Å². The molecule has 0 aliphatic heterocycles. The van der Waals surface area contributed by atoms with Crippen LogP contribution in [0.5, 0.6) is 5.75 Å². The van der Waals surface area contributed by atoms with Crippen molar-refractivity contribution < 1.29 is 9.84 Å². The first-order valence-electron chi connectivity index (χ1n) is 7.52. The summed E-state index contributed by atoms with van der Waals surface area (Å²) in [6, 6.07) is 9.68. The van der Waals surface area contributed by atoms with Gasteiger partial charge in [-0.25, -0.2) is 0 Å². The standard InChI is InChI=1S/C7H8O.C6H12O.C4H11N/c1-8-7-5-3-2-4-6-7;7-6-4-2-1-3-5-6;1-4-5(2)3/h2-6H,1H3;6-7H,1-5H2;4H2,1-3H3. The summed E-state index contributed by atoms with van der Waals surface area (Å²) in [5.41, 5.74) is 0. The normalized spacial score (nSPS) is 14.7. The van der Waals surface area contributed by atoms with Gasteiger partial charge < -0.3 is 14.7 Å². The number of hydrogen-bond donors (Lipinski definition) is 1. The van der Waals surface area contributed by atoms with Gasteiger partial charge in [-0.3, -0.25) is 0 Å². The van der Waals surface area contributed by atoms with Crippen LogP contribution in [0.4, 0.5) is 0 Å². The van der Waals surface area contributed by atoms with Crippen molar-refractivity contribution in [1.82, 2.24) is 4.90 Å². The Labute approximate surface area is 124 Å². The van der Waals surface area contributed by atoms with Crippen molar-refractivity contribution in [3.8, 4) is 5.75 Å². The number of aliphatic hydroxyl groups is 1. The van der Waals surface area contributed by atoms with Gasteiger partial charge in [0.15, 0.2) is 0 Å². The third-order valence-corrected chi connectivity index (χ3v) is 3.19. The molecule has 3 heteroatoms. The number of benzene rings is 1. The van der Waals surface area contributed by atoms with Crippen molar-refractivity contribution >= 4 is 0 Å². The summed E-state index contributed by atoms with van der Waals surface area (Å²) in [6.07, 6.45) is 5.92. The van der Waals surface area contributed by atoms with Crippen LogP contribution in [0.25, 0.3) is 0 Å². The topological polar surface area (TPSA) is 32.7 Å². The molecular weight excluding hydrogens is 250 g/mol. The predicted octanol–water partition coefficient (Wildman–Crippen LogP) is 3.57. The number of para-hydroxylation sites is 1. The molecule has 3 nitrogen and oxygen atoms in total. The van der Waals surface area contributed by atoms with Crippen LogP contribution >= 0.6 is 0 Å². The summed E-state index contributed by atoms with van der Waals surface area (Å²) in [5, 5.41) is 8.91. The van der Waals surface area contributed by atoms with E-state index in [-0.39, 0.29) is 6.10 Å². The van der Waals surface area contributed by atoms with E-state index in [4.69, 9.17) is 9.84 Å². The van der Waals surface area contributed by atoms with Gasteiger partial charge in [0.1, 0.15) is 5.75 Å². The zero-order valence-corrected chi connectivity index (χ0v) is 13.5. The van der Waals surface area contributed by atoms with E-state index in [1.807, 2.05) is 30.3 Å². The van der Waals surface area contributed by atoms with Gasteiger partial charge in [0, 0.05) is 0 Å². The summed E-state index contributed by atoms with van der Waals surface area (Å²) >= 11 is 0. The fourth-order valence-electron chi connectivity index (χ4n) is 1.64. The Morgan fingerprint density at radius 3 is 1.85 bits per heavy atom. The lowest BCUT2D eigenvalue weighted by atomic mass is 9.98. The smallest absolute Gasteiger partial charge is 0.118 e. The van der Waals surface area contributed by atoms with Gasteiger partial charge in [-0.05, 0) is 45.6 Å². The lowest BCUT2D eigenvalue weighted by molar-refractivity contribution is 0.130. The molecule has 0 heterocycles. The lowest BCUT2D eigenvalue weighted by Gasteiger charge is -2.14. The summed E-state index contributed by atoms with van der Waals surface area (Å²) in [7, 11) is 5.77. The molecule has 0 saturated heterocycles. The maximum absolute atomic E-state index is 8.91. The number of methoxy groups -OCH3 is 1. The number of rotatable bonds is 2. The molecule has 116 valence electrons. The fraction of sp³-hybridized carbons (Fsp3) is 0.647. The minimum absolute atomic E-state index is 0.0359. The molecule has 1 fully saturated rings. The molecule has 0 amide bonds. The van der Waals surface area contributed by atoms with Crippen LogP contribution in [0, 0.1) is 0 Å².